The fraction of sp³-hybridized carbons (Fsp3) is 0.250. The maximum Gasteiger partial charge on any atom is 0.250 e. The van der Waals surface area contributed by atoms with E-state index in [2.05, 4.69) is 47.4 Å². The number of carbonyl (C=O) groups is 2. The number of ether oxygens (including phenoxy) is 1. The van der Waals surface area contributed by atoms with Gasteiger partial charge in [-0.05, 0) is 38.5 Å². The third kappa shape index (κ3) is 4.40. The highest BCUT2D eigenvalue weighted by Crippen LogP contribution is 2.29. The van der Waals surface area contributed by atoms with Gasteiger partial charge in [-0.2, -0.15) is 4.98 Å². The van der Waals surface area contributed by atoms with Crippen LogP contribution in [0.5, 0.6) is 5.75 Å². The van der Waals surface area contributed by atoms with Crippen molar-refractivity contribution >= 4 is 33.9 Å². The fourth-order valence-corrected chi connectivity index (χ4v) is 4.43. The van der Waals surface area contributed by atoms with E-state index in [0.717, 1.165) is 22.4 Å². The summed E-state index contributed by atoms with van der Waals surface area (Å²) in [5.74, 6) is 0.289. The van der Waals surface area contributed by atoms with Gasteiger partial charge in [0.25, 0.3) is 0 Å². The number of Topliss-reactive ketones (excluding diaryl/α,β-unsaturated/α-hetero) is 1. The maximum atomic E-state index is 12.6. The van der Waals surface area contributed by atoms with Crippen LogP contribution < -0.4 is 10.1 Å². The standard InChI is InChI=1S/C24H24N4O3S/c1-14-5-7-17(16(3)11-14)19-13-32-24-26-23(27-28(19)24)25-22(30)10-8-20(29)18-12-15(2)6-9-21(18)31-4/h5-7,9,11-13H,8,10H2,1-4H3,(H,25,27,30). The number of hydrogen-bond donors (Lipinski definition) is 1. The smallest absolute Gasteiger partial charge is 0.250 e. The van der Waals surface area contributed by atoms with Crippen LogP contribution in [0.25, 0.3) is 16.2 Å². The second-order valence-electron chi connectivity index (χ2n) is 7.74. The molecule has 0 unspecified atom stereocenters. The monoisotopic (exact) mass is 448 g/mol. The predicted molar refractivity (Wildman–Crippen MR) is 126 cm³/mol. The van der Waals surface area contributed by atoms with Crippen molar-refractivity contribution in [2.75, 3.05) is 12.4 Å². The zero-order valence-electron chi connectivity index (χ0n) is 18.4. The molecule has 4 aromatic rings. The molecule has 4 rings (SSSR count). The van der Waals surface area contributed by atoms with E-state index in [0.29, 0.717) is 16.3 Å². The average Bonchev–Trinajstić information content (AvgIpc) is 3.32. The van der Waals surface area contributed by atoms with Crippen molar-refractivity contribution in [1.82, 2.24) is 14.6 Å². The van der Waals surface area contributed by atoms with E-state index in [4.69, 9.17) is 4.74 Å². The molecule has 0 aliphatic carbocycles. The van der Waals surface area contributed by atoms with Gasteiger partial charge in [0.15, 0.2) is 5.78 Å². The summed E-state index contributed by atoms with van der Waals surface area (Å²) in [5, 5.41) is 9.17. The number of aryl methyl sites for hydroxylation is 3. The van der Waals surface area contributed by atoms with Gasteiger partial charge in [-0.25, -0.2) is 4.52 Å². The molecule has 32 heavy (non-hydrogen) atoms. The van der Waals surface area contributed by atoms with Crippen molar-refractivity contribution < 1.29 is 14.3 Å². The number of benzene rings is 2. The lowest BCUT2D eigenvalue weighted by molar-refractivity contribution is -0.116. The lowest BCUT2D eigenvalue weighted by Gasteiger charge is -2.08. The van der Waals surface area contributed by atoms with Crippen LogP contribution >= 0.6 is 11.3 Å². The minimum Gasteiger partial charge on any atom is -0.496 e. The van der Waals surface area contributed by atoms with Crippen molar-refractivity contribution in [2.45, 2.75) is 33.6 Å². The third-order valence-electron chi connectivity index (χ3n) is 5.23. The van der Waals surface area contributed by atoms with E-state index in [1.807, 2.05) is 18.4 Å². The molecule has 0 fully saturated rings. The Morgan fingerprint density at radius 2 is 1.81 bits per heavy atom. The molecule has 7 nitrogen and oxygen atoms in total. The van der Waals surface area contributed by atoms with Crippen LogP contribution in [0.15, 0.2) is 41.8 Å². The Balaban J connectivity index is 1.45. The summed E-state index contributed by atoms with van der Waals surface area (Å²) in [5.41, 5.74) is 5.79. The lowest BCUT2D eigenvalue weighted by Crippen LogP contribution is -2.15. The summed E-state index contributed by atoms with van der Waals surface area (Å²) in [6.07, 6.45) is 0.106. The number of amides is 1. The Kier molecular flexibility index (Phi) is 6.05. The van der Waals surface area contributed by atoms with Gasteiger partial charge in [0.2, 0.25) is 16.8 Å². The van der Waals surface area contributed by atoms with Gasteiger partial charge in [0, 0.05) is 23.8 Å². The molecule has 164 valence electrons. The summed E-state index contributed by atoms with van der Waals surface area (Å²) in [6, 6.07) is 11.7. The molecule has 0 atom stereocenters. The normalized spacial score (nSPS) is 11.0. The van der Waals surface area contributed by atoms with Gasteiger partial charge in [-0.15, -0.1) is 16.4 Å². The average molecular weight is 449 g/mol. The van der Waals surface area contributed by atoms with Crippen molar-refractivity contribution in [3.05, 3.63) is 64.0 Å². The van der Waals surface area contributed by atoms with E-state index in [9.17, 15) is 9.59 Å². The summed E-state index contributed by atoms with van der Waals surface area (Å²) >= 11 is 1.46. The van der Waals surface area contributed by atoms with E-state index >= 15 is 0 Å². The van der Waals surface area contributed by atoms with Crippen molar-refractivity contribution in [3.63, 3.8) is 0 Å². The number of carbonyl (C=O) groups excluding carboxylic acids is 2. The highest BCUT2D eigenvalue weighted by Gasteiger charge is 2.17. The van der Waals surface area contributed by atoms with Crippen LogP contribution in [0.4, 0.5) is 5.95 Å². The van der Waals surface area contributed by atoms with Gasteiger partial charge >= 0.3 is 0 Å². The third-order valence-corrected chi connectivity index (χ3v) is 6.04. The molecule has 2 heterocycles. The highest BCUT2D eigenvalue weighted by atomic mass is 32.1. The first-order valence-electron chi connectivity index (χ1n) is 10.3. The Morgan fingerprint density at radius 3 is 2.56 bits per heavy atom. The van der Waals surface area contributed by atoms with Crippen LogP contribution in [0, 0.1) is 20.8 Å². The number of rotatable bonds is 7. The topological polar surface area (TPSA) is 85.6 Å². The van der Waals surface area contributed by atoms with Crippen molar-refractivity contribution in [1.29, 1.82) is 0 Å². The summed E-state index contributed by atoms with van der Waals surface area (Å²) in [6.45, 7) is 6.03. The number of methoxy groups -OCH3 is 1. The number of nitrogens with one attached hydrogen (secondary N) is 1. The predicted octanol–water partition coefficient (Wildman–Crippen LogP) is 4.99. The maximum absolute atomic E-state index is 12.6. The molecule has 2 aromatic heterocycles. The summed E-state index contributed by atoms with van der Waals surface area (Å²) < 4.78 is 7.01. The molecule has 0 bridgehead atoms. The van der Waals surface area contributed by atoms with Gasteiger partial charge in [-0.3, -0.25) is 14.9 Å². The molecule has 1 N–H and O–H groups in total. The second-order valence-corrected chi connectivity index (χ2v) is 8.58. The molecular formula is C24H24N4O3S. The number of thiazole rings is 1. The molecule has 8 heteroatoms. The van der Waals surface area contributed by atoms with Crippen molar-refractivity contribution in [3.8, 4) is 17.0 Å². The van der Waals surface area contributed by atoms with E-state index in [-0.39, 0.29) is 30.5 Å². The van der Waals surface area contributed by atoms with Crippen LogP contribution in [0.2, 0.25) is 0 Å². The number of aromatic nitrogens is 3. The SMILES string of the molecule is COc1ccc(C)cc1C(=O)CCC(=O)Nc1nc2scc(-c3ccc(C)cc3C)n2n1. The zero-order chi connectivity index (χ0) is 22.8. The number of anilines is 1. The lowest BCUT2D eigenvalue weighted by atomic mass is 10.0. The van der Waals surface area contributed by atoms with Gasteiger partial charge < -0.3 is 4.74 Å². The Morgan fingerprint density at radius 1 is 1.06 bits per heavy atom. The van der Waals surface area contributed by atoms with E-state index in [1.54, 1.807) is 16.6 Å². The Bertz CT molecular complexity index is 1320. The van der Waals surface area contributed by atoms with Crippen LogP contribution in [-0.4, -0.2) is 33.4 Å². The zero-order valence-corrected chi connectivity index (χ0v) is 19.2. The number of ketones is 1. The first kappa shape index (κ1) is 21.7. The number of nitrogens with zero attached hydrogens (tertiary/aromatic N) is 3. The van der Waals surface area contributed by atoms with Gasteiger partial charge in [0.1, 0.15) is 5.75 Å². The quantitative estimate of drug-likeness (QED) is 0.403. The van der Waals surface area contributed by atoms with Crippen LogP contribution in [0.1, 0.15) is 39.9 Å². The summed E-state index contributed by atoms with van der Waals surface area (Å²) in [4.78, 5) is 30.1. The van der Waals surface area contributed by atoms with E-state index in [1.165, 1.54) is 24.0 Å². The molecule has 0 saturated carbocycles. The molecular weight excluding hydrogens is 424 g/mol. The Hall–Kier alpha value is -3.52. The van der Waals surface area contributed by atoms with Crippen molar-refractivity contribution in [2.24, 2.45) is 0 Å². The van der Waals surface area contributed by atoms with E-state index < -0.39 is 0 Å². The molecule has 0 spiro atoms. The second kappa shape index (κ2) is 8.92. The molecule has 2 aromatic carbocycles. The molecule has 1 amide bonds. The largest absolute Gasteiger partial charge is 0.496 e. The molecule has 0 saturated heterocycles. The van der Waals surface area contributed by atoms with Gasteiger partial charge in [-0.1, -0.05) is 35.4 Å². The first-order chi connectivity index (χ1) is 15.4. The number of hydrogen-bond acceptors (Lipinski definition) is 6. The first-order valence-corrected chi connectivity index (χ1v) is 11.1. The summed E-state index contributed by atoms with van der Waals surface area (Å²) in [7, 11) is 1.52. The number of fused-ring (bicyclic) bond motifs is 1. The van der Waals surface area contributed by atoms with Crippen LogP contribution in [-0.2, 0) is 4.79 Å². The minimum absolute atomic E-state index is 0.0344. The minimum atomic E-state index is -0.309. The van der Waals surface area contributed by atoms with Gasteiger partial charge in [0.05, 0.1) is 18.4 Å². The molecule has 0 aliphatic heterocycles. The van der Waals surface area contributed by atoms with Crippen LogP contribution in [0.3, 0.4) is 0 Å². The molecule has 0 aliphatic rings. The molecule has 0 radical (unpaired) electrons. The Labute approximate surface area is 190 Å². The highest BCUT2D eigenvalue weighted by molar-refractivity contribution is 7.15. The fourth-order valence-electron chi connectivity index (χ4n) is 3.61.